The van der Waals surface area contributed by atoms with Crippen LogP contribution in [0.15, 0.2) is 18.2 Å². The Morgan fingerprint density at radius 1 is 1.21 bits per heavy atom. The van der Waals surface area contributed by atoms with Crippen molar-refractivity contribution in [2.75, 3.05) is 18.9 Å². The number of hydrogen-bond acceptors (Lipinski definition) is 6. The van der Waals surface area contributed by atoms with Gasteiger partial charge in [0.2, 0.25) is 0 Å². The lowest BCUT2D eigenvalue weighted by molar-refractivity contribution is -0.157. The third-order valence-electron chi connectivity index (χ3n) is 4.75. The molecule has 4 amide bonds. The number of carbonyl (C=O) groups is 4. The van der Waals surface area contributed by atoms with Gasteiger partial charge < -0.3 is 20.1 Å². The van der Waals surface area contributed by atoms with E-state index in [1.54, 1.807) is 26.8 Å². The molecule has 2 atom stereocenters. The number of ether oxygens (including phenoxy) is 2. The Bertz CT molecular complexity index is 860. The Labute approximate surface area is 168 Å². The summed E-state index contributed by atoms with van der Waals surface area (Å²) in [4.78, 5) is 49.2. The minimum atomic E-state index is -0.937. The average Bonchev–Trinajstić information content (AvgIpc) is 3.15. The summed E-state index contributed by atoms with van der Waals surface area (Å²) in [5, 5.41) is 5.19. The normalized spacial score (nSPS) is 20.9. The quantitative estimate of drug-likeness (QED) is 0.742. The first-order chi connectivity index (χ1) is 13.6. The third kappa shape index (κ3) is 4.67. The van der Waals surface area contributed by atoms with Crippen LogP contribution in [0.5, 0.6) is 0 Å². The van der Waals surface area contributed by atoms with Crippen molar-refractivity contribution in [2.45, 2.75) is 45.3 Å². The second-order valence-electron chi connectivity index (χ2n) is 8.17. The van der Waals surface area contributed by atoms with Gasteiger partial charge in [0.1, 0.15) is 12.1 Å². The number of urea groups is 1. The Kier molecular flexibility index (Phi) is 5.50. The van der Waals surface area contributed by atoms with Gasteiger partial charge in [-0.3, -0.25) is 9.59 Å². The number of hydrogen-bond donors (Lipinski definition) is 2. The maximum absolute atomic E-state index is 12.7. The summed E-state index contributed by atoms with van der Waals surface area (Å²) in [6, 6.07) is 5.20. The predicted octanol–water partition coefficient (Wildman–Crippen LogP) is 1.84. The first-order valence-electron chi connectivity index (χ1n) is 9.42. The molecule has 29 heavy (non-hydrogen) atoms. The molecule has 1 aromatic rings. The van der Waals surface area contributed by atoms with Crippen LogP contribution in [-0.2, 0) is 31.9 Å². The molecular weight excluding hydrogens is 378 g/mol. The summed E-state index contributed by atoms with van der Waals surface area (Å²) >= 11 is 0. The molecule has 0 spiro atoms. The summed E-state index contributed by atoms with van der Waals surface area (Å²) in [6.45, 7) is 4.66. The molecule has 1 aliphatic heterocycles. The minimum Gasteiger partial charge on any atom is -0.459 e. The van der Waals surface area contributed by atoms with Crippen LogP contribution in [0.2, 0.25) is 0 Å². The number of nitrogens with one attached hydrogen (secondary N) is 2. The highest BCUT2D eigenvalue weighted by Crippen LogP contribution is 2.34. The second kappa shape index (κ2) is 7.73. The predicted molar refractivity (Wildman–Crippen MR) is 103 cm³/mol. The van der Waals surface area contributed by atoms with Crippen molar-refractivity contribution in [2.24, 2.45) is 5.92 Å². The maximum atomic E-state index is 12.7. The Morgan fingerprint density at radius 2 is 1.90 bits per heavy atom. The number of esters is 1. The molecule has 1 aromatic carbocycles. The Morgan fingerprint density at radius 3 is 2.55 bits per heavy atom. The second-order valence-corrected chi connectivity index (χ2v) is 8.17. The van der Waals surface area contributed by atoms with E-state index < -0.39 is 36.2 Å². The Balaban J connectivity index is 1.65. The zero-order valence-corrected chi connectivity index (χ0v) is 16.9. The number of anilines is 1. The van der Waals surface area contributed by atoms with Crippen LogP contribution in [0.1, 0.15) is 31.9 Å². The first kappa shape index (κ1) is 20.6. The van der Waals surface area contributed by atoms with Gasteiger partial charge in [-0.1, -0.05) is 6.07 Å². The standard InChI is InChI=1S/C20H25N3O6/c1-20(2,3)29-15(24)10-23-17(25)16(28-19(23)27)13-7-11-5-6-14(9-12(11)8-13)22-18(26)21-4/h5-6,9,13,16H,7-8,10H2,1-4H3,(H2,21,22,26). The van der Waals surface area contributed by atoms with Gasteiger partial charge in [0, 0.05) is 18.7 Å². The molecule has 2 N–H and O–H groups in total. The summed E-state index contributed by atoms with van der Waals surface area (Å²) < 4.78 is 10.5. The fourth-order valence-corrected chi connectivity index (χ4v) is 3.55. The Hall–Kier alpha value is -3.10. The summed E-state index contributed by atoms with van der Waals surface area (Å²) in [7, 11) is 1.53. The van der Waals surface area contributed by atoms with Gasteiger partial charge in [0.05, 0.1) is 0 Å². The molecule has 0 aromatic heterocycles. The molecule has 1 saturated heterocycles. The highest BCUT2D eigenvalue weighted by atomic mass is 16.6. The summed E-state index contributed by atoms with van der Waals surface area (Å²) in [6.07, 6.45) is -0.668. The molecule has 9 nitrogen and oxygen atoms in total. The minimum absolute atomic E-state index is 0.222. The molecule has 156 valence electrons. The lowest BCUT2D eigenvalue weighted by Gasteiger charge is -2.21. The lowest BCUT2D eigenvalue weighted by atomic mass is 9.98. The van der Waals surface area contributed by atoms with E-state index in [2.05, 4.69) is 10.6 Å². The van der Waals surface area contributed by atoms with Gasteiger partial charge in [0.25, 0.3) is 5.91 Å². The van der Waals surface area contributed by atoms with Crippen LogP contribution in [0.4, 0.5) is 15.3 Å². The van der Waals surface area contributed by atoms with Crippen molar-refractivity contribution in [3.05, 3.63) is 29.3 Å². The first-order valence-corrected chi connectivity index (χ1v) is 9.42. The lowest BCUT2D eigenvalue weighted by Crippen LogP contribution is -2.40. The molecule has 1 aliphatic carbocycles. The van der Waals surface area contributed by atoms with Crippen LogP contribution in [0, 0.1) is 5.92 Å². The number of benzene rings is 1. The number of imide groups is 1. The maximum Gasteiger partial charge on any atom is 0.417 e. The van der Waals surface area contributed by atoms with E-state index in [9.17, 15) is 19.2 Å². The fraction of sp³-hybridized carbons (Fsp3) is 0.500. The number of nitrogens with zero attached hydrogens (tertiary/aromatic N) is 1. The van der Waals surface area contributed by atoms with E-state index in [0.717, 1.165) is 16.0 Å². The van der Waals surface area contributed by atoms with E-state index in [-0.39, 0.29) is 11.9 Å². The number of carbonyl (C=O) groups excluding carboxylic acids is 4. The van der Waals surface area contributed by atoms with Crippen molar-refractivity contribution in [1.82, 2.24) is 10.2 Å². The number of amides is 4. The average molecular weight is 403 g/mol. The van der Waals surface area contributed by atoms with E-state index >= 15 is 0 Å². The SMILES string of the molecule is CNC(=O)Nc1ccc2c(c1)CC(C1OC(=O)N(CC(=O)OC(C)(C)C)C1=O)C2. The zero-order chi connectivity index (χ0) is 21.3. The van der Waals surface area contributed by atoms with E-state index in [4.69, 9.17) is 9.47 Å². The summed E-state index contributed by atoms with van der Waals surface area (Å²) in [5.41, 5.74) is 1.95. The van der Waals surface area contributed by atoms with E-state index in [1.807, 2.05) is 12.1 Å². The molecule has 1 heterocycles. The van der Waals surface area contributed by atoms with Gasteiger partial charge in [0.15, 0.2) is 6.10 Å². The van der Waals surface area contributed by atoms with Crippen molar-refractivity contribution in [3.8, 4) is 0 Å². The van der Waals surface area contributed by atoms with Crippen molar-refractivity contribution < 1.29 is 28.7 Å². The number of cyclic esters (lactones) is 1. The van der Waals surface area contributed by atoms with Gasteiger partial charge in [-0.15, -0.1) is 0 Å². The van der Waals surface area contributed by atoms with Crippen LogP contribution in [-0.4, -0.2) is 54.2 Å². The van der Waals surface area contributed by atoms with Crippen LogP contribution in [0.3, 0.4) is 0 Å². The van der Waals surface area contributed by atoms with Crippen LogP contribution >= 0.6 is 0 Å². The molecule has 3 rings (SSSR count). The fourth-order valence-electron chi connectivity index (χ4n) is 3.55. The molecule has 2 aliphatic rings. The third-order valence-corrected chi connectivity index (χ3v) is 4.75. The highest BCUT2D eigenvalue weighted by molar-refractivity contribution is 6.02. The van der Waals surface area contributed by atoms with E-state index in [1.165, 1.54) is 7.05 Å². The van der Waals surface area contributed by atoms with E-state index in [0.29, 0.717) is 18.5 Å². The van der Waals surface area contributed by atoms with Gasteiger partial charge >= 0.3 is 18.1 Å². The molecule has 0 bridgehead atoms. The van der Waals surface area contributed by atoms with Gasteiger partial charge in [-0.2, -0.15) is 0 Å². The molecule has 0 radical (unpaired) electrons. The van der Waals surface area contributed by atoms with Gasteiger partial charge in [-0.05, 0) is 56.9 Å². The van der Waals surface area contributed by atoms with Crippen molar-refractivity contribution in [3.63, 3.8) is 0 Å². The van der Waals surface area contributed by atoms with Crippen molar-refractivity contribution in [1.29, 1.82) is 0 Å². The summed E-state index contributed by atoms with van der Waals surface area (Å²) in [5.74, 6) is -1.41. The largest absolute Gasteiger partial charge is 0.459 e. The number of rotatable bonds is 4. The number of fused-ring (bicyclic) bond motifs is 1. The topological polar surface area (TPSA) is 114 Å². The van der Waals surface area contributed by atoms with Crippen LogP contribution in [0.25, 0.3) is 0 Å². The molecule has 0 saturated carbocycles. The van der Waals surface area contributed by atoms with Crippen molar-refractivity contribution >= 4 is 29.7 Å². The molecule has 2 unspecified atom stereocenters. The van der Waals surface area contributed by atoms with Crippen LogP contribution < -0.4 is 10.6 Å². The molecule has 1 fully saturated rings. The monoisotopic (exact) mass is 403 g/mol. The zero-order valence-electron chi connectivity index (χ0n) is 16.9. The molecule has 9 heteroatoms. The van der Waals surface area contributed by atoms with Gasteiger partial charge in [-0.25, -0.2) is 14.5 Å². The molecular formula is C20H25N3O6. The highest BCUT2D eigenvalue weighted by Gasteiger charge is 2.47. The smallest absolute Gasteiger partial charge is 0.417 e.